The molecule has 1 saturated heterocycles. The monoisotopic (exact) mass is 141 g/mol. The number of rotatable bonds is 1. The second kappa shape index (κ2) is 2.91. The van der Waals surface area contributed by atoms with Crippen molar-refractivity contribution in [3.63, 3.8) is 0 Å². The lowest BCUT2D eigenvalue weighted by atomic mass is 10.0. The maximum Gasteiger partial charge on any atom is 0.00388 e. The predicted molar refractivity (Wildman–Crippen MR) is 45.0 cm³/mol. The summed E-state index contributed by atoms with van der Waals surface area (Å²) in [6.07, 6.45) is 0. The van der Waals surface area contributed by atoms with E-state index < -0.39 is 0 Å². The molecule has 0 unspecified atom stereocenters. The van der Waals surface area contributed by atoms with E-state index in [9.17, 15) is 0 Å². The molecule has 2 atom stereocenters. The quantitative estimate of drug-likeness (QED) is 0.539. The summed E-state index contributed by atoms with van der Waals surface area (Å²) in [5, 5.41) is 0. The molecule has 0 radical (unpaired) electrons. The van der Waals surface area contributed by atoms with Crippen LogP contribution in [0.3, 0.4) is 0 Å². The van der Waals surface area contributed by atoms with Gasteiger partial charge in [0.05, 0.1) is 0 Å². The number of nitrogens with zero attached hydrogens (tertiary/aromatic N) is 1. The van der Waals surface area contributed by atoms with Gasteiger partial charge in [0.25, 0.3) is 0 Å². The molecule has 0 aromatic rings. The Kier molecular flexibility index (Phi) is 2.35. The molecule has 0 amide bonds. The minimum absolute atomic E-state index is 0.743. The van der Waals surface area contributed by atoms with Crippen LogP contribution in [0.15, 0.2) is 0 Å². The summed E-state index contributed by atoms with van der Waals surface area (Å²) in [5.41, 5.74) is 0. The highest BCUT2D eigenvalue weighted by Crippen LogP contribution is 2.23. The molecule has 0 bridgehead atoms. The molecule has 1 aliphatic heterocycles. The SMILES string of the molecule is CC(C)N1C[C@H](C)[C@@H](C)C1. The molecule has 0 aliphatic carbocycles. The highest BCUT2D eigenvalue weighted by molar-refractivity contribution is 4.80. The third-order valence-electron chi connectivity index (χ3n) is 2.75. The van der Waals surface area contributed by atoms with Crippen molar-refractivity contribution in [2.24, 2.45) is 11.8 Å². The van der Waals surface area contributed by atoms with Crippen molar-refractivity contribution < 1.29 is 0 Å². The van der Waals surface area contributed by atoms with Crippen molar-refractivity contribution in [1.82, 2.24) is 4.90 Å². The van der Waals surface area contributed by atoms with Crippen LogP contribution in [0.1, 0.15) is 27.7 Å². The van der Waals surface area contributed by atoms with Crippen molar-refractivity contribution in [2.75, 3.05) is 13.1 Å². The number of hydrogen-bond acceptors (Lipinski definition) is 1. The Hall–Kier alpha value is -0.0400. The molecule has 1 fully saturated rings. The Morgan fingerprint density at radius 1 is 1.10 bits per heavy atom. The maximum atomic E-state index is 2.56. The van der Waals surface area contributed by atoms with E-state index in [0.717, 1.165) is 17.9 Å². The van der Waals surface area contributed by atoms with Gasteiger partial charge < -0.3 is 4.90 Å². The molecular weight excluding hydrogens is 122 g/mol. The van der Waals surface area contributed by atoms with Crippen LogP contribution in [0.5, 0.6) is 0 Å². The van der Waals surface area contributed by atoms with Crippen LogP contribution in [0.2, 0.25) is 0 Å². The van der Waals surface area contributed by atoms with Crippen LogP contribution in [-0.2, 0) is 0 Å². The van der Waals surface area contributed by atoms with Gasteiger partial charge in [-0.05, 0) is 25.7 Å². The van der Waals surface area contributed by atoms with Gasteiger partial charge in [0.1, 0.15) is 0 Å². The van der Waals surface area contributed by atoms with Gasteiger partial charge in [-0.2, -0.15) is 0 Å². The fourth-order valence-electron chi connectivity index (χ4n) is 1.60. The first-order valence-corrected chi connectivity index (χ1v) is 4.35. The van der Waals surface area contributed by atoms with Gasteiger partial charge >= 0.3 is 0 Å². The summed E-state index contributed by atoms with van der Waals surface area (Å²) in [7, 11) is 0. The molecule has 0 aromatic heterocycles. The summed E-state index contributed by atoms with van der Waals surface area (Å²) in [5.74, 6) is 1.81. The van der Waals surface area contributed by atoms with E-state index in [1.165, 1.54) is 13.1 Å². The van der Waals surface area contributed by atoms with Crippen molar-refractivity contribution in [3.8, 4) is 0 Å². The van der Waals surface area contributed by atoms with Crippen LogP contribution >= 0.6 is 0 Å². The standard InChI is InChI=1S/C9H19N/c1-7(2)10-5-8(3)9(4)6-10/h7-9H,5-6H2,1-4H3/t8-,9-/m0/s1. The molecule has 60 valence electrons. The Morgan fingerprint density at radius 3 is 1.70 bits per heavy atom. The third-order valence-corrected chi connectivity index (χ3v) is 2.75. The second-order valence-corrected chi connectivity index (χ2v) is 4.00. The summed E-state index contributed by atoms with van der Waals surface area (Å²) < 4.78 is 0. The smallest absolute Gasteiger partial charge is 0.00388 e. The van der Waals surface area contributed by atoms with Crippen molar-refractivity contribution in [2.45, 2.75) is 33.7 Å². The largest absolute Gasteiger partial charge is 0.300 e. The van der Waals surface area contributed by atoms with E-state index in [1.54, 1.807) is 0 Å². The van der Waals surface area contributed by atoms with Gasteiger partial charge in [0, 0.05) is 19.1 Å². The van der Waals surface area contributed by atoms with Crippen molar-refractivity contribution in [3.05, 3.63) is 0 Å². The molecule has 0 spiro atoms. The average molecular weight is 141 g/mol. The zero-order valence-corrected chi connectivity index (χ0v) is 7.59. The Morgan fingerprint density at radius 2 is 1.50 bits per heavy atom. The van der Waals surface area contributed by atoms with Gasteiger partial charge in [-0.15, -0.1) is 0 Å². The van der Waals surface area contributed by atoms with E-state index >= 15 is 0 Å². The molecule has 1 heteroatoms. The van der Waals surface area contributed by atoms with E-state index in [-0.39, 0.29) is 0 Å². The molecule has 1 heterocycles. The Labute approximate surface area is 64.4 Å². The average Bonchev–Trinajstić information content (AvgIpc) is 2.13. The zero-order valence-electron chi connectivity index (χ0n) is 7.59. The molecule has 1 rings (SSSR count). The van der Waals surface area contributed by atoms with Crippen molar-refractivity contribution >= 4 is 0 Å². The van der Waals surface area contributed by atoms with Crippen LogP contribution in [0.25, 0.3) is 0 Å². The molecular formula is C9H19N. The van der Waals surface area contributed by atoms with E-state index in [4.69, 9.17) is 0 Å². The normalized spacial score (nSPS) is 35.7. The lowest BCUT2D eigenvalue weighted by Gasteiger charge is -2.19. The predicted octanol–water partition coefficient (Wildman–Crippen LogP) is 1.98. The van der Waals surface area contributed by atoms with Gasteiger partial charge in [-0.3, -0.25) is 0 Å². The molecule has 1 aliphatic rings. The summed E-state index contributed by atoms with van der Waals surface area (Å²) in [6.45, 7) is 11.9. The minimum Gasteiger partial charge on any atom is -0.300 e. The van der Waals surface area contributed by atoms with Gasteiger partial charge in [-0.1, -0.05) is 13.8 Å². The minimum atomic E-state index is 0.743. The van der Waals surface area contributed by atoms with E-state index in [2.05, 4.69) is 32.6 Å². The first-order valence-electron chi connectivity index (χ1n) is 4.35. The molecule has 1 nitrogen and oxygen atoms in total. The first kappa shape index (κ1) is 8.06. The van der Waals surface area contributed by atoms with E-state index in [1.807, 2.05) is 0 Å². The molecule has 0 N–H and O–H groups in total. The van der Waals surface area contributed by atoms with Gasteiger partial charge in [0.15, 0.2) is 0 Å². The highest BCUT2D eigenvalue weighted by Gasteiger charge is 2.26. The van der Waals surface area contributed by atoms with E-state index in [0.29, 0.717) is 0 Å². The lowest BCUT2D eigenvalue weighted by molar-refractivity contribution is 0.264. The lowest BCUT2D eigenvalue weighted by Crippen LogP contribution is -2.28. The summed E-state index contributed by atoms with van der Waals surface area (Å²) >= 11 is 0. The van der Waals surface area contributed by atoms with Gasteiger partial charge in [-0.25, -0.2) is 0 Å². The topological polar surface area (TPSA) is 3.24 Å². The fraction of sp³-hybridized carbons (Fsp3) is 1.00. The third kappa shape index (κ3) is 1.51. The zero-order chi connectivity index (χ0) is 7.72. The second-order valence-electron chi connectivity index (χ2n) is 4.00. The number of hydrogen-bond donors (Lipinski definition) is 0. The van der Waals surface area contributed by atoms with Crippen molar-refractivity contribution in [1.29, 1.82) is 0 Å². The number of likely N-dealkylation sites (tertiary alicyclic amines) is 1. The highest BCUT2D eigenvalue weighted by atomic mass is 15.2. The molecule has 0 saturated carbocycles. The Bertz CT molecular complexity index is 99.3. The fourth-order valence-corrected chi connectivity index (χ4v) is 1.60. The first-order chi connectivity index (χ1) is 4.61. The van der Waals surface area contributed by atoms with Crippen LogP contribution in [-0.4, -0.2) is 24.0 Å². The van der Waals surface area contributed by atoms with Crippen LogP contribution < -0.4 is 0 Å². The molecule has 0 aromatic carbocycles. The van der Waals surface area contributed by atoms with Gasteiger partial charge in [0.2, 0.25) is 0 Å². The summed E-state index contributed by atoms with van der Waals surface area (Å²) in [6, 6.07) is 0.743. The van der Waals surface area contributed by atoms with Crippen LogP contribution in [0.4, 0.5) is 0 Å². The Balaban J connectivity index is 2.41. The molecule has 10 heavy (non-hydrogen) atoms. The van der Waals surface area contributed by atoms with Crippen LogP contribution in [0, 0.1) is 11.8 Å². The summed E-state index contributed by atoms with van der Waals surface area (Å²) in [4.78, 5) is 2.56. The maximum absolute atomic E-state index is 2.56.